The molecule has 2 rings (SSSR count). The van der Waals surface area contributed by atoms with E-state index in [-0.39, 0.29) is 0 Å². The van der Waals surface area contributed by atoms with Crippen molar-refractivity contribution in [3.8, 4) is 0 Å². The van der Waals surface area contributed by atoms with Crippen LogP contribution < -0.4 is 5.32 Å². The second kappa shape index (κ2) is 7.61. The lowest BCUT2D eigenvalue weighted by atomic mass is 9.93. The maximum Gasteiger partial charge on any atom is 0.0771 e. The summed E-state index contributed by atoms with van der Waals surface area (Å²) in [7, 11) is 0. The standard InChI is InChI=1S/C16H32N2O/c1-2-18-11-7-15(8-12-18)13-17-14-16(19)9-5-3-4-6-10-16/h15,17,19H,2-14H2,1H3. The fraction of sp³-hybridized carbons (Fsp3) is 1.00. The lowest BCUT2D eigenvalue weighted by molar-refractivity contribution is 0.0238. The number of aliphatic hydroxyl groups is 1. The van der Waals surface area contributed by atoms with Crippen LogP contribution in [0.1, 0.15) is 58.3 Å². The van der Waals surface area contributed by atoms with E-state index >= 15 is 0 Å². The molecule has 1 saturated carbocycles. The van der Waals surface area contributed by atoms with Gasteiger partial charge in [-0.25, -0.2) is 0 Å². The van der Waals surface area contributed by atoms with E-state index in [1.165, 1.54) is 58.2 Å². The Labute approximate surface area is 118 Å². The predicted octanol–water partition coefficient (Wildman–Crippen LogP) is 2.39. The van der Waals surface area contributed by atoms with Crippen LogP contribution in [0.4, 0.5) is 0 Å². The largest absolute Gasteiger partial charge is 0.389 e. The molecule has 0 spiro atoms. The van der Waals surface area contributed by atoms with Crippen LogP contribution in [0.5, 0.6) is 0 Å². The Bertz CT molecular complexity index is 241. The van der Waals surface area contributed by atoms with Crippen molar-refractivity contribution in [1.82, 2.24) is 10.2 Å². The van der Waals surface area contributed by atoms with Crippen molar-refractivity contribution >= 4 is 0 Å². The normalized spacial score (nSPS) is 26.2. The third kappa shape index (κ3) is 5.05. The van der Waals surface area contributed by atoms with Gasteiger partial charge in [-0.05, 0) is 57.8 Å². The van der Waals surface area contributed by atoms with Crippen LogP contribution in [0.2, 0.25) is 0 Å². The lowest BCUT2D eigenvalue weighted by Crippen LogP contribution is -2.43. The molecule has 0 radical (unpaired) electrons. The average molecular weight is 268 g/mol. The number of hydrogen-bond donors (Lipinski definition) is 2. The topological polar surface area (TPSA) is 35.5 Å². The van der Waals surface area contributed by atoms with Gasteiger partial charge in [0.1, 0.15) is 0 Å². The first-order valence-corrected chi connectivity index (χ1v) is 8.37. The Balaban J connectivity index is 1.63. The van der Waals surface area contributed by atoms with E-state index in [9.17, 15) is 5.11 Å². The van der Waals surface area contributed by atoms with Gasteiger partial charge in [0.2, 0.25) is 0 Å². The highest BCUT2D eigenvalue weighted by Crippen LogP contribution is 2.26. The zero-order valence-electron chi connectivity index (χ0n) is 12.7. The van der Waals surface area contributed by atoms with E-state index in [4.69, 9.17) is 0 Å². The molecule has 19 heavy (non-hydrogen) atoms. The molecule has 1 heterocycles. The maximum absolute atomic E-state index is 10.6. The van der Waals surface area contributed by atoms with Crippen LogP contribution in [-0.2, 0) is 0 Å². The Morgan fingerprint density at radius 3 is 2.32 bits per heavy atom. The number of nitrogens with one attached hydrogen (secondary N) is 1. The molecular formula is C16H32N2O. The van der Waals surface area contributed by atoms with Crippen molar-refractivity contribution in [2.75, 3.05) is 32.7 Å². The van der Waals surface area contributed by atoms with Gasteiger partial charge in [0.15, 0.2) is 0 Å². The van der Waals surface area contributed by atoms with E-state index in [1.807, 2.05) is 0 Å². The third-order valence-corrected chi connectivity index (χ3v) is 5.08. The summed E-state index contributed by atoms with van der Waals surface area (Å²) in [5.41, 5.74) is -0.416. The molecule has 0 unspecified atom stereocenters. The molecule has 2 aliphatic rings. The fourth-order valence-corrected chi connectivity index (χ4v) is 3.58. The number of likely N-dealkylation sites (tertiary alicyclic amines) is 1. The molecule has 0 aromatic heterocycles. The summed E-state index contributed by atoms with van der Waals surface area (Å²) in [6.45, 7) is 7.86. The van der Waals surface area contributed by atoms with Gasteiger partial charge in [-0.2, -0.15) is 0 Å². The van der Waals surface area contributed by atoms with Gasteiger partial charge in [0.25, 0.3) is 0 Å². The van der Waals surface area contributed by atoms with Crippen molar-refractivity contribution < 1.29 is 5.11 Å². The van der Waals surface area contributed by atoms with Crippen LogP contribution in [0.25, 0.3) is 0 Å². The van der Waals surface area contributed by atoms with E-state index < -0.39 is 5.60 Å². The fourth-order valence-electron chi connectivity index (χ4n) is 3.58. The predicted molar refractivity (Wildman–Crippen MR) is 80.4 cm³/mol. The van der Waals surface area contributed by atoms with Gasteiger partial charge in [-0.1, -0.05) is 32.6 Å². The Morgan fingerprint density at radius 1 is 1.11 bits per heavy atom. The summed E-state index contributed by atoms with van der Waals surface area (Å²) in [4.78, 5) is 2.54. The maximum atomic E-state index is 10.6. The first kappa shape index (κ1) is 15.3. The number of rotatable bonds is 5. The summed E-state index contributed by atoms with van der Waals surface area (Å²) in [5.74, 6) is 0.817. The van der Waals surface area contributed by atoms with Crippen molar-refractivity contribution in [3.63, 3.8) is 0 Å². The first-order valence-electron chi connectivity index (χ1n) is 8.37. The van der Waals surface area contributed by atoms with Crippen LogP contribution in [-0.4, -0.2) is 48.3 Å². The zero-order chi connectivity index (χ0) is 13.6. The summed E-state index contributed by atoms with van der Waals surface area (Å²) in [6, 6.07) is 0. The summed E-state index contributed by atoms with van der Waals surface area (Å²) >= 11 is 0. The van der Waals surface area contributed by atoms with E-state index in [0.717, 1.165) is 31.8 Å². The van der Waals surface area contributed by atoms with E-state index in [0.29, 0.717) is 0 Å². The molecule has 0 aromatic rings. The van der Waals surface area contributed by atoms with Crippen LogP contribution in [0, 0.1) is 5.92 Å². The molecule has 1 aliphatic carbocycles. The minimum absolute atomic E-state index is 0.416. The van der Waals surface area contributed by atoms with Gasteiger partial charge >= 0.3 is 0 Å². The summed E-state index contributed by atoms with van der Waals surface area (Å²) in [5, 5.41) is 14.1. The van der Waals surface area contributed by atoms with Gasteiger partial charge in [0, 0.05) is 6.54 Å². The summed E-state index contributed by atoms with van der Waals surface area (Å²) < 4.78 is 0. The minimum Gasteiger partial charge on any atom is -0.389 e. The zero-order valence-corrected chi connectivity index (χ0v) is 12.7. The van der Waals surface area contributed by atoms with Crippen molar-refractivity contribution in [3.05, 3.63) is 0 Å². The molecule has 0 atom stereocenters. The molecule has 1 aliphatic heterocycles. The molecule has 0 bridgehead atoms. The van der Waals surface area contributed by atoms with Crippen LogP contribution in [0.3, 0.4) is 0 Å². The van der Waals surface area contributed by atoms with Crippen LogP contribution in [0.15, 0.2) is 0 Å². The highest BCUT2D eigenvalue weighted by molar-refractivity contribution is 4.84. The van der Waals surface area contributed by atoms with Gasteiger partial charge < -0.3 is 15.3 Å². The number of hydrogen-bond acceptors (Lipinski definition) is 3. The molecule has 0 aromatic carbocycles. The van der Waals surface area contributed by atoms with Crippen molar-refractivity contribution in [2.45, 2.75) is 63.9 Å². The highest BCUT2D eigenvalue weighted by Gasteiger charge is 2.28. The first-order chi connectivity index (χ1) is 9.22. The Kier molecular flexibility index (Phi) is 6.11. The quantitative estimate of drug-likeness (QED) is 0.752. The number of piperidine rings is 1. The molecule has 0 amide bonds. The van der Waals surface area contributed by atoms with Gasteiger partial charge in [-0.3, -0.25) is 0 Å². The average Bonchev–Trinajstić information content (AvgIpc) is 2.65. The molecular weight excluding hydrogens is 236 g/mol. The summed E-state index contributed by atoms with van der Waals surface area (Å²) in [6.07, 6.45) is 9.64. The molecule has 2 fully saturated rings. The van der Waals surface area contributed by atoms with Crippen molar-refractivity contribution in [1.29, 1.82) is 0 Å². The van der Waals surface area contributed by atoms with Crippen molar-refractivity contribution in [2.24, 2.45) is 5.92 Å². The molecule has 3 nitrogen and oxygen atoms in total. The Morgan fingerprint density at radius 2 is 1.74 bits per heavy atom. The Hall–Kier alpha value is -0.120. The molecule has 2 N–H and O–H groups in total. The molecule has 3 heteroatoms. The lowest BCUT2D eigenvalue weighted by Gasteiger charge is -2.32. The molecule has 112 valence electrons. The second-order valence-corrected chi connectivity index (χ2v) is 6.65. The van der Waals surface area contributed by atoms with E-state index in [1.54, 1.807) is 0 Å². The monoisotopic (exact) mass is 268 g/mol. The number of nitrogens with zero attached hydrogens (tertiary/aromatic N) is 1. The second-order valence-electron chi connectivity index (χ2n) is 6.65. The molecule has 1 saturated heterocycles. The minimum atomic E-state index is -0.416. The van der Waals surface area contributed by atoms with Gasteiger partial charge in [-0.15, -0.1) is 0 Å². The van der Waals surface area contributed by atoms with Crippen LogP contribution >= 0.6 is 0 Å². The highest BCUT2D eigenvalue weighted by atomic mass is 16.3. The van der Waals surface area contributed by atoms with Gasteiger partial charge in [0.05, 0.1) is 5.60 Å². The van der Waals surface area contributed by atoms with E-state index in [2.05, 4.69) is 17.1 Å². The SMILES string of the molecule is CCN1CCC(CNCC2(O)CCCCCC2)CC1. The smallest absolute Gasteiger partial charge is 0.0771 e. The third-order valence-electron chi connectivity index (χ3n) is 5.08.